The zero-order valence-electron chi connectivity index (χ0n) is 22.0. The van der Waals surface area contributed by atoms with E-state index in [-0.39, 0.29) is 17.3 Å². The van der Waals surface area contributed by atoms with E-state index in [2.05, 4.69) is 5.32 Å². The van der Waals surface area contributed by atoms with E-state index >= 15 is 0 Å². The predicted molar refractivity (Wildman–Crippen MR) is 146 cm³/mol. The highest BCUT2D eigenvalue weighted by Crippen LogP contribution is 2.26. The van der Waals surface area contributed by atoms with Crippen LogP contribution < -0.4 is 19.1 Å². The summed E-state index contributed by atoms with van der Waals surface area (Å²) in [6.07, 6.45) is 0. The van der Waals surface area contributed by atoms with E-state index in [1.54, 1.807) is 80.8 Å². The SMILES string of the molecule is CCOc1ccc(S(=O)(=O)N(CC(=O)N(Cc2ccc(OC)cc2)[C@H](C)C(=O)NC)c2ccccc2)cc1. The maximum atomic E-state index is 13.8. The molecule has 3 rings (SSSR count). The van der Waals surface area contributed by atoms with E-state index in [1.165, 1.54) is 24.1 Å². The summed E-state index contributed by atoms with van der Waals surface area (Å²) in [5, 5.41) is 2.56. The molecule has 0 saturated carbocycles. The third-order valence-corrected chi connectivity index (χ3v) is 7.76. The van der Waals surface area contributed by atoms with Gasteiger partial charge < -0.3 is 19.7 Å². The maximum Gasteiger partial charge on any atom is 0.264 e. The lowest BCUT2D eigenvalue weighted by Crippen LogP contribution is -2.50. The molecule has 0 aliphatic carbocycles. The van der Waals surface area contributed by atoms with Gasteiger partial charge >= 0.3 is 0 Å². The summed E-state index contributed by atoms with van der Waals surface area (Å²) in [4.78, 5) is 27.6. The van der Waals surface area contributed by atoms with Crippen molar-refractivity contribution in [1.29, 1.82) is 0 Å². The number of sulfonamides is 1. The van der Waals surface area contributed by atoms with E-state index in [1.807, 2.05) is 6.92 Å². The Morgan fingerprint density at radius 3 is 2.08 bits per heavy atom. The first-order valence-electron chi connectivity index (χ1n) is 12.2. The molecule has 3 aromatic rings. The Morgan fingerprint density at radius 1 is 0.921 bits per heavy atom. The van der Waals surface area contributed by atoms with Crippen LogP contribution >= 0.6 is 0 Å². The number of amides is 2. The highest BCUT2D eigenvalue weighted by Gasteiger charge is 2.32. The first-order valence-corrected chi connectivity index (χ1v) is 13.6. The van der Waals surface area contributed by atoms with Crippen LogP contribution in [0, 0.1) is 0 Å². The Balaban J connectivity index is 1.97. The van der Waals surface area contributed by atoms with Crippen LogP contribution in [0.4, 0.5) is 5.69 Å². The summed E-state index contributed by atoms with van der Waals surface area (Å²) in [5.74, 6) is 0.296. The van der Waals surface area contributed by atoms with Crippen molar-refractivity contribution in [2.24, 2.45) is 0 Å². The molecule has 0 spiro atoms. The van der Waals surface area contributed by atoms with Gasteiger partial charge in [-0.1, -0.05) is 30.3 Å². The Labute approximate surface area is 224 Å². The Hall–Kier alpha value is -4.05. The minimum absolute atomic E-state index is 0.0126. The first kappa shape index (κ1) is 28.5. The number of carbonyl (C=O) groups is 2. The van der Waals surface area contributed by atoms with Crippen LogP contribution in [0.1, 0.15) is 19.4 Å². The summed E-state index contributed by atoms with van der Waals surface area (Å²) in [5.41, 5.74) is 1.09. The van der Waals surface area contributed by atoms with E-state index in [9.17, 15) is 18.0 Å². The molecular formula is C28H33N3O6S. The molecule has 0 saturated heterocycles. The number of benzene rings is 3. The molecule has 202 valence electrons. The molecule has 2 amide bonds. The molecule has 38 heavy (non-hydrogen) atoms. The molecule has 0 aromatic heterocycles. The molecular weight excluding hydrogens is 506 g/mol. The largest absolute Gasteiger partial charge is 0.497 e. The molecule has 0 aliphatic heterocycles. The average molecular weight is 540 g/mol. The summed E-state index contributed by atoms with van der Waals surface area (Å²) in [7, 11) is -1.09. The number of rotatable bonds is 12. The lowest BCUT2D eigenvalue weighted by molar-refractivity contribution is -0.139. The van der Waals surface area contributed by atoms with Crippen molar-refractivity contribution < 1.29 is 27.5 Å². The Bertz CT molecular complexity index is 1310. The van der Waals surface area contributed by atoms with Crippen LogP contribution in [0.15, 0.2) is 83.8 Å². The number of nitrogens with zero attached hydrogens (tertiary/aromatic N) is 2. The lowest BCUT2D eigenvalue weighted by atomic mass is 10.1. The quantitative estimate of drug-likeness (QED) is 0.378. The number of hydrogen-bond donors (Lipinski definition) is 1. The van der Waals surface area contributed by atoms with E-state index in [0.29, 0.717) is 23.8 Å². The Kier molecular flexibility index (Phi) is 9.72. The van der Waals surface area contributed by atoms with Crippen LogP contribution in [-0.4, -0.2) is 58.5 Å². The highest BCUT2D eigenvalue weighted by molar-refractivity contribution is 7.92. The smallest absolute Gasteiger partial charge is 0.264 e. The van der Waals surface area contributed by atoms with Crippen LogP contribution in [0.2, 0.25) is 0 Å². The summed E-state index contributed by atoms with van der Waals surface area (Å²) < 4.78 is 39.2. The number of anilines is 1. The zero-order chi connectivity index (χ0) is 27.7. The molecule has 9 nitrogen and oxygen atoms in total. The normalized spacial score (nSPS) is 11.8. The average Bonchev–Trinajstić information content (AvgIpc) is 2.94. The van der Waals surface area contributed by atoms with Crippen molar-refractivity contribution in [1.82, 2.24) is 10.2 Å². The molecule has 0 heterocycles. The number of para-hydroxylation sites is 1. The van der Waals surface area contributed by atoms with E-state index in [4.69, 9.17) is 9.47 Å². The number of carbonyl (C=O) groups excluding carboxylic acids is 2. The van der Waals surface area contributed by atoms with Gasteiger partial charge in [-0.05, 0) is 67.9 Å². The fourth-order valence-corrected chi connectivity index (χ4v) is 5.26. The Morgan fingerprint density at radius 2 is 1.53 bits per heavy atom. The number of likely N-dealkylation sites (N-methyl/N-ethyl adjacent to an activating group) is 1. The molecule has 10 heteroatoms. The molecule has 0 aliphatic rings. The van der Waals surface area contributed by atoms with Gasteiger partial charge in [0.05, 0.1) is 24.3 Å². The van der Waals surface area contributed by atoms with Gasteiger partial charge in [0.1, 0.15) is 24.1 Å². The van der Waals surface area contributed by atoms with Gasteiger partial charge in [0, 0.05) is 13.6 Å². The van der Waals surface area contributed by atoms with Crippen molar-refractivity contribution in [2.75, 3.05) is 31.6 Å². The van der Waals surface area contributed by atoms with Gasteiger partial charge in [0.15, 0.2) is 0 Å². The van der Waals surface area contributed by atoms with Gasteiger partial charge in [-0.15, -0.1) is 0 Å². The van der Waals surface area contributed by atoms with Gasteiger partial charge in [0.25, 0.3) is 10.0 Å². The van der Waals surface area contributed by atoms with Crippen molar-refractivity contribution in [3.8, 4) is 11.5 Å². The summed E-state index contributed by atoms with van der Waals surface area (Å²) >= 11 is 0. The standard InChI is InChI=1S/C28H33N3O6S/c1-5-37-25-15-17-26(18-16-25)38(34,35)31(23-9-7-6-8-10-23)20-27(32)30(21(2)28(33)29-3)19-22-11-13-24(36-4)14-12-22/h6-18,21H,5,19-20H2,1-4H3,(H,29,33)/t21-/m1/s1. The lowest BCUT2D eigenvalue weighted by Gasteiger charge is -2.31. The fourth-order valence-electron chi connectivity index (χ4n) is 3.84. The summed E-state index contributed by atoms with van der Waals surface area (Å²) in [6.45, 7) is 3.49. The number of hydrogen-bond acceptors (Lipinski definition) is 6. The van der Waals surface area contributed by atoms with Gasteiger partial charge in [-0.25, -0.2) is 8.42 Å². The second kappa shape index (κ2) is 13.0. The van der Waals surface area contributed by atoms with Crippen LogP contribution in [0.3, 0.4) is 0 Å². The van der Waals surface area contributed by atoms with Crippen molar-refractivity contribution in [3.63, 3.8) is 0 Å². The van der Waals surface area contributed by atoms with Crippen LogP contribution in [-0.2, 0) is 26.2 Å². The minimum atomic E-state index is -4.13. The predicted octanol–water partition coefficient (Wildman–Crippen LogP) is 3.45. The number of ether oxygens (including phenoxy) is 2. The van der Waals surface area contributed by atoms with Crippen LogP contribution in [0.5, 0.6) is 11.5 Å². The fraction of sp³-hybridized carbons (Fsp3) is 0.286. The van der Waals surface area contributed by atoms with Crippen LogP contribution in [0.25, 0.3) is 0 Å². The molecule has 0 bridgehead atoms. The summed E-state index contributed by atoms with van der Waals surface area (Å²) in [6, 6.07) is 20.7. The molecule has 0 radical (unpaired) electrons. The third kappa shape index (κ3) is 6.83. The third-order valence-electron chi connectivity index (χ3n) is 5.97. The number of methoxy groups -OCH3 is 1. The van der Waals surface area contributed by atoms with Gasteiger partial charge in [-0.2, -0.15) is 0 Å². The second-order valence-corrected chi connectivity index (χ2v) is 10.3. The van der Waals surface area contributed by atoms with Crippen molar-refractivity contribution in [2.45, 2.75) is 31.3 Å². The molecule has 1 atom stereocenters. The molecule has 0 unspecified atom stereocenters. The number of nitrogens with one attached hydrogen (secondary N) is 1. The molecule has 3 aromatic carbocycles. The minimum Gasteiger partial charge on any atom is -0.497 e. The second-order valence-electron chi connectivity index (χ2n) is 8.41. The van der Waals surface area contributed by atoms with E-state index in [0.717, 1.165) is 9.87 Å². The monoisotopic (exact) mass is 539 g/mol. The van der Waals surface area contributed by atoms with E-state index < -0.39 is 28.5 Å². The maximum absolute atomic E-state index is 13.8. The first-order chi connectivity index (χ1) is 18.2. The van der Waals surface area contributed by atoms with Crippen molar-refractivity contribution in [3.05, 3.63) is 84.4 Å². The topological polar surface area (TPSA) is 105 Å². The van der Waals surface area contributed by atoms with Crippen molar-refractivity contribution >= 4 is 27.5 Å². The highest BCUT2D eigenvalue weighted by atomic mass is 32.2. The zero-order valence-corrected chi connectivity index (χ0v) is 22.8. The van der Waals surface area contributed by atoms with Gasteiger partial charge in [0.2, 0.25) is 11.8 Å². The van der Waals surface area contributed by atoms with Gasteiger partial charge in [-0.3, -0.25) is 13.9 Å². The molecule has 0 fully saturated rings. The molecule has 1 N–H and O–H groups in total.